The van der Waals surface area contributed by atoms with Gasteiger partial charge in [-0.3, -0.25) is 4.98 Å². The third-order valence-electron chi connectivity index (χ3n) is 1.35. The SMILES string of the molecule is FC(F)(F)c1ncc(I)cc1CBr. The first kappa shape index (κ1) is 11.2. The van der Waals surface area contributed by atoms with Crippen LogP contribution in [0.5, 0.6) is 0 Å². The van der Waals surface area contributed by atoms with Crippen LogP contribution in [-0.4, -0.2) is 4.98 Å². The summed E-state index contributed by atoms with van der Waals surface area (Å²) < 4.78 is 37.5. The predicted molar refractivity (Wildman–Crippen MR) is 54.6 cm³/mol. The van der Waals surface area contributed by atoms with Gasteiger partial charge in [-0.15, -0.1) is 0 Å². The molecule has 0 saturated carbocycles. The van der Waals surface area contributed by atoms with Crippen molar-refractivity contribution in [3.05, 3.63) is 27.1 Å². The summed E-state index contributed by atoms with van der Waals surface area (Å²) in [6, 6.07) is 1.46. The Kier molecular flexibility index (Phi) is 3.56. The summed E-state index contributed by atoms with van der Waals surface area (Å²) in [4.78, 5) is 3.36. The van der Waals surface area contributed by atoms with Crippen molar-refractivity contribution in [2.24, 2.45) is 0 Å². The van der Waals surface area contributed by atoms with Crippen LogP contribution in [0.15, 0.2) is 12.3 Å². The lowest BCUT2D eigenvalue weighted by Gasteiger charge is -2.09. The second kappa shape index (κ2) is 4.12. The fourth-order valence-corrected chi connectivity index (χ4v) is 1.78. The third-order valence-corrected chi connectivity index (χ3v) is 2.54. The number of nitrogens with zero attached hydrogens (tertiary/aromatic N) is 1. The van der Waals surface area contributed by atoms with Gasteiger partial charge in [0.15, 0.2) is 0 Å². The highest BCUT2D eigenvalue weighted by atomic mass is 127. The fourth-order valence-electron chi connectivity index (χ4n) is 0.838. The van der Waals surface area contributed by atoms with Crippen LogP contribution in [0.3, 0.4) is 0 Å². The molecule has 1 rings (SSSR count). The van der Waals surface area contributed by atoms with Gasteiger partial charge in [0.1, 0.15) is 5.69 Å². The Morgan fingerprint density at radius 3 is 2.54 bits per heavy atom. The first-order chi connectivity index (χ1) is 5.95. The largest absolute Gasteiger partial charge is 0.433 e. The summed E-state index contributed by atoms with van der Waals surface area (Å²) in [6.45, 7) is 0. The highest BCUT2D eigenvalue weighted by Crippen LogP contribution is 2.31. The number of halogens is 5. The van der Waals surface area contributed by atoms with Crippen LogP contribution in [0, 0.1) is 3.57 Å². The molecule has 72 valence electrons. The van der Waals surface area contributed by atoms with E-state index in [1.165, 1.54) is 12.3 Å². The van der Waals surface area contributed by atoms with Gasteiger partial charge in [-0.25, -0.2) is 0 Å². The van der Waals surface area contributed by atoms with Gasteiger partial charge in [-0.2, -0.15) is 13.2 Å². The van der Waals surface area contributed by atoms with Crippen LogP contribution in [0.1, 0.15) is 11.3 Å². The molecule has 0 fully saturated rings. The smallest absolute Gasteiger partial charge is 0.250 e. The summed E-state index contributed by atoms with van der Waals surface area (Å²) in [5.74, 6) is 0. The Labute approximate surface area is 95.0 Å². The van der Waals surface area contributed by atoms with E-state index in [4.69, 9.17) is 0 Å². The zero-order chi connectivity index (χ0) is 10.1. The van der Waals surface area contributed by atoms with Crippen LogP contribution >= 0.6 is 38.5 Å². The lowest BCUT2D eigenvalue weighted by molar-refractivity contribution is -0.141. The van der Waals surface area contributed by atoms with Crippen molar-refractivity contribution in [3.63, 3.8) is 0 Å². The van der Waals surface area contributed by atoms with E-state index in [1.807, 2.05) is 22.6 Å². The van der Waals surface area contributed by atoms with Crippen LogP contribution in [0.25, 0.3) is 0 Å². The van der Waals surface area contributed by atoms with Crippen LogP contribution in [0.2, 0.25) is 0 Å². The molecule has 0 spiro atoms. The summed E-state index contributed by atoms with van der Waals surface area (Å²) in [6.07, 6.45) is -3.16. The van der Waals surface area contributed by atoms with Gasteiger partial charge in [-0.05, 0) is 34.2 Å². The molecule has 1 aromatic heterocycles. The predicted octanol–water partition coefficient (Wildman–Crippen LogP) is 3.60. The second-order valence-electron chi connectivity index (χ2n) is 2.29. The van der Waals surface area contributed by atoms with Gasteiger partial charge in [0.2, 0.25) is 0 Å². The zero-order valence-electron chi connectivity index (χ0n) is 6.20. The van der Waals surface area contributed by atoms with E-state index in [9.17, 15) is 13.2 Å². The van der Waals surface area contributed by atoms with E-state index >= 15 is 0 Å². The lowest BCUT2D eigenvalue weighted by atomic mass is 10.2. The van der Waals surface area contributed by atoms with Crippen molar-refractivity contribution < 1.29 is 13.2 Å². The highest BCUT2D eigenvalue weighted by Gasteiger charge is 2.34. The van der Waals surface area contributed by atoms with Gasteiger partial charge in [0.25, 0.3) is 0 Å². The molecule has 0 aliphatic heterocycles. The van der Waals surface area contributed by atoms with Gasteiger partial charge in [-0.1, -0.05) is 15.9 Å². The van der Waals surface area contributed by atoms with Crippen LogP contribution < -0.4 is 0 Å². The average molecular weight is 366 g/mol. The molecule has 0 aliphatic carbocycles. The van der Waals surface area contributed by atoms with E-state index in [0.717, 1.165) is 0 Å². The molecular formula is C7H4BrF3IN. The van der Waals surface area contributed by atoms with Gasteiger partial charge < -0.3 is 0 Å². The second-order valence-corrected chi connectivity index (χ2v) is 4.10. The summed E-state index contributed by atoms with van der Waals surface area (Å²) in [5, 5.41) is 0.158. The van der Waals surface area contributed by atoms with E-state index in [-0.39, 0.29) is 10.9 Å². The van der Waals surface area contributed by atoms with Crippen molar-refractivity contribution in [1.82, 2.24) is 4.98 Å². The lowest BCUT2D eigenvalue weighted by Crippen LogP contribution is -2.11. The fraction of sp³-hybridized carbons (Fsp3) is 0.286. The Balaban J connectivity index is 3.22. The first-order valence-electron chi connectivity index (χ1n) is 3.22. The molecular weight excluding hydrogens is 362 g/mol. The monoisotopic (exact) mass is 365 g/mol. The maximum absolute atomic E-state index is 12.3. The summed E-state index contributed by atoms with van der Waals surface area (Å²) in [7, 11) is 0. The Morgan fingerprint density at radius 2 is 2.08 bits per heavy atom. The molecule has 0 bridgehead atoms. The molecule has 1 heterocycles. The van der Waals surface area contributed by atoms with Crippen molar-refractivity contribution >= 4 is 38.5 Å². The molecule has 13 heavy (non-hydrogen) atoms. The molecule has 0 radical (unpaired) electrons. The number of pyridine rings is 1. The Morgan fingerprint density at radius 1 is 1.46 bits per heavy atom. The summed E-state index contributed by atoms with van der Waals surface area (Å²) in [5.41, 5.74) is -0.649. The number of hydrogen-bond donors (Lipinski definition) is 0. The van der Waals surface area contributed by atoms with Crippen molar-refractivity contribution in [3.8, 4) is 0 Å². The van der Waals surface area contributed by atoms with E-state index in [0.29, 0.717) is 3.57 Å². The Hall–Kier alpha value is 0.150. The normalized spacial score (nSPS) is 11.8. The van der Waals surface area contributed by atoms with Crippen molar-refractivity contribution in [2.75, 3.05) is 0 Å². The maximum atomic E-state index is 12.3. The van der Waals surface area contributed by atoms with Crippen LogP contribution in [0.4, 0.5) is 13.2 Å². The number of rotatable bonds is 1. The van der Waals surface area contributed by atoms with Gasteiger partial charge in [0, 0.05) is 15.1 Å². The van der Waals surface area contributed by atoms with E-state index in [1.54, 1.807) is 0 Å². The Bertz CT molecular complexity index is 313. The molecule has 0 N–H and O–H groups in total. The highest BCUT2D eigenvalue weighted by molar-refractivity contribution is 14.1. The van der Waals surface area contributed by atoms with E-state index < -0.39 is 11.9 Å². The first-order valence-corrected chi connectivity index (χ1v) is 5.42. The van der Waals surface area contributed by atoms with Crippen molar-refractivity contribution in [1.29, 1.82) is 0 Å². The molecule has 0 atom stereocenters. The number of alkyl halides is 4. The average Bonchev–Trinajstić information content (AvgIpc) is 2.01. The van der Waals surface area contributed by atoms with Crippen LogP contribution in [-0.2, 0) is 11.5 Å². The molecule has 0 amide bonds. The molecule has 0 aromatic carbocycles. The minimum Gasteiger partial charge on any atom is -0.250 e. The minimum absolute atomic E-state index is 0.158. The van der Waals surface area contributed by atoms with E-state index in [2.05, 4.69) is 20.9 Å². The quantitative estimate of drug-likeness (QED) is 0.547. The standard InChI is InChI=1S/C7H4BrF3IN/c8-2-4-1-5(12)3-13-6(4)7(9,10)11/h1,3H,2H2. The number of hydrogen-bond acceptors (Lipinski definition) is 1. The molecule has 0 saturated heterocycles. The minimum atomic E-state index is -4.37. The molecule has 6 heteroatoms. The molecule has 0 aliphatic rings. The molecule has 1 nitrogen and oxygen atoms in total. The molecule has 0 unspecified atom stereocenters. The maximum Gasteiger partial charge on any atom is 0.433 e. The number of aromatic nitrogens is 1. The third kappa shape index (κ3) is 2.80. The van der Waals surface area contributed by atoms with Gasteiger partial charge in [0.05, 0.1) is 0 Å². The molecule has 1 aromatic rings. The topological polar surface area (TPSA) is 12.9 Å². The van der Waals surface area contributed by atoms with Crippen molar-refractivity contribution in [2.45, 2.75) is 11.5 Å². The van der Waals surface area contributed by atoms with Gasteiger partial charge >= 0.3 is 6.18 Å². The zero-order valence-corrected chi connectivity index (χ0v) is 9.94. The summed E-state index contributed by atoms with van der Waals surface area (Å²) >= 11 is 4.91.